The molecule has 2 aliphatic carbocycles. The Morgan fingerprint density at radius 1 is 0.921 bits per heavy atom. The molecule has 1 aliphatic heterocycles. The maximum Gasteiger partial charge on any atom is 0.335 e. The van der Waals surface area contributed by atoms with Crippen LogP contribution in [0.25, 0.3) is 0 Å². The van der Waals surface area contributed by atoms with E-state index in [0.29, 0.717) is 34.8 Å². The summed E-state index contributed by atoms with van der Waals surface area (Å²) in [6, 6.07) is 11.9. The Kier molecular flexibility index (Phi) is 6.50. The number of hydrogen-bond donors (Lipinski definition) is 2. The van der Waals surface area contributed by atoms with Gasteiger partial charge in [-0.25, -0.2) is 4.79 Å². The van der Waals surface area contributed by atoms with Crippen molar-refractivity contribution < 1.29 is 24.2 Å². The number of carboxylic acids is 1. The van der Waals surface area contributed by atoms with Crippen molar-refractivity contribution in [3.8, 4) is 5.75 Å². The van der Waals surface area contributed by atoms with Crippen LogP contribution in [0.1, 0.15) is 80.8 Å². The number of dihydropyridines is 1. The molecule has 0 spiro atoms. The highest BCUT2D eigenvalue weighted by Crippen LogP contribution is 2.52. The van der Waals surface area contributed by atoms with Crippen molar-refractivity contribution >= 4 is 29.1 Å². The molecule has 2 N–H and O–H groups in total. The summed E-state index contributed by atoms with van der Waals surface area (Å²) in [6.45, 7) is 8.63. The van der Waals surface area contributed by atoms with Crippen LogP contribution in [0.3, 0.4) is 0 Å². The van der Waals surface area contributed by atoms with Crippen molar-refractivity contribution in [1.82, 2.24) is 5.32 Å². The van der Waals surface area contributed by atoms with Gasteiger partial charge in [0.25, 0.3) is 0 Å². The van der Waals surface area contributed by atoms with E-state index in [1.165, 1.54) is 12.1 Å². The normalized spacial score (nSPS) is 20.6. The lowest BCUT2D eigenvalue weighted by Gasteiger charge is -2.44. The Balaban J connectivity index is 1.49. The number of ether oxygens (including phenoxy) is 1. The Bertz CT molecular complexity index is 1360. The number of hydrogen-bond acceptors (Lipinski definition) is 5. The van der Waals surface area contributed by atoms with Gasteiger partial charge in [0, 0.05) is 46.3 Å². The molecule has 6 nitrogen and oxygen atoms in total. The highest BCUT2D eigenvalue weighted by molar-refractivity contribution is 6.32. The molecule has 0 bridgehead atoms. The Morgan fingerprint density at radius 3 is 1.97 bits per heavy atom. The van der Waals surface area contributed by atoms with Crippen LogP contribution in [0.2, 0.25) is 5.02 Å². The molecule has 2 aromatic carbocycles. The number of rotatable bonds is 5. The molecule has 0 atom stereocenters. The molecule has 0 aromatic heterocycles. The van der Waals surface area contributed by atoms with E-state index in [1.54, 1.807) is 18.2 Å². The highest BCUT2D eigenvalue weighted by Gasteiger charge is 2.46. The SMILES string of the molecule is CC1(C)CC(=O)C2=C(C1)NC1=C(C(=O)CC(C)(C)C1)C2c1ccc(OCc2ccc(C(=O)O)cc2)cc1Cl. The first kappa shape index (κ1) is 26.2. The minimum atomic E-state index is -0.977. The van der Waals surface area contributed by atoms with Gasteiger partial charge in [-0.3, -0.25) is 9.59 Å². The summed E-state index contributed by atoms with van der Waals surface area (Å²) in [5.74, 6) is -0.822. The Hall–Kier alpha value is -3.38. The van der Waals surface area contributed by atoms with Gasteiger partial charge < -0.3 is 15.2 Å². The first-order valence-electron chi connectivity index (χ1n) is 12.9. The monoisotopic (exact) mass is 533 g/mol. The van der Waals surface area contributed by atoms with Crippen LogP contribution in [0.5, 0.6) is 5.75 Å². The Morgan fingerprint density at radius 2 is 1.47 bits per heavy atom. The topological polar surface area (TPSA) is 92.7 Å². The fraction of sp³-hybridized carbons (Fsp3) is 0.387. The van der Waals surface area contributed by atoms with E-state index in [-0.39, 0.29) is 34.6 Å². The standard InChI is InChI=1S/C31H32ClNO5/c1-30(2)12-22-27(24(34)14-30)26(28-23(33-22)13-31(3,4)15-25(28)35)20-10-9-19(11-21(20)32)38-16-17-5-7-18(8-6-17)29(36)37/h5-11,26,33H,12-16H2,1-4H3,(H,36,37). The fourth-order valence-electron chi connectivity index (χ4n) is 5.94. The van der Waals surface area contributed by atoms with Crippen molar-refractivity contribution in [2.24, 2.45) is 10.8 Å². The number of nitrogens with one attached hydrogen (secondary N) is 1. The molecular formula is C31H32ClNO5. The summed E-state index contributed by atoms with van der Waals surface area (Å²) in [6.07, 6.45) is 2.31. The van der Waals surface area contributed by atoms with Crippen LogP contribution < -0.4 is 10.1 Å². The van der Waals surface area contributed by atoms with Gasteiger partial charge in [-0.1, -0.05) is 57.5 Å². The fourth-order valence-corrected chi connectivity index (χ4v) is 6.22. The third-order valence-corrected chi connectivity index (χ3v) is 7.94. The molecule has 198 valence electrons. The maximum absolute atomic E-state index is 13.5. The largest absolute Gasteiger partial charge is 0.489 e. The zero-order chi connectivity index (χ0) is 27.4. The van der Waals surface area contributed by atoms with Gasteiger partial charge in [-0.15, -0.1) is 0 Å². The van der Waals surface area contributed by atoms with E-state index in [9.17, 15) is 14.4 Å². The van der Waals surface area contributed by atoms with E-state index in [0.717, 1.165) is 35.4 Å². The quantitative estimate of drug-likeness (QED) is 0.450. The third kappa shape index (κ3) is 5.02. The molecular weight excluding hydrogens is 502 g/mol. The van der Waals surface area contributed by atoms with Crippen LogP contribution in [0, 0.1) is 10.8 Å². The molecule has 2 aromatic rings. The van der Waals surface area contributed by atoms with Gasteiger partial charge in [0.05, 0.1) is 5.56 Å². The van der Waals surface area contributed by atoms with Crippen LogP contribution in [-0.4, -0.2) is 22.6 Å². The molecule has 0 amide bonds. The number of allylic oxidation sites excluding steroid dienone is 4. The lowest BCUT2D eigenvalue weighted by Crippen LogP contribution is -2.42. The predicted octanol–water partition coefficient (Wildman–Crippen LogP) is 6.59. The number of benzene rings is 2. The third-order valence-electron chi connectivity index (χ3n) is 7.61. The van der Waals surface area contributed by atoms with Crippen molar-refractivity contribution in [1.29, 1.82) is 0 Å². The Labute approximate surface area is 227 Å². The van der Waals surface area contributed by atoms with Crippen molar-refractivity contribution in [3.05, 3.63) is 86.7 Å². The summed E-state index contributed by atoms with van der Waals surface area (Å²) in [4.78, 5) is 38.1. The van der Waals surface area contributed by atoms with Crippen molar-refractivity contribution in [3.63, 3.8) is 0 Å². The van der Waals surface area contributed by atoms with Crippen molar-refractivity contribution in [2.45, 2.75) is 65.9 Å². The van der Waals surface area contributed by atoms with Crippen molar-refractivity contribution in [2.75, 3.05) is 0 Å². The molecule has 7 heteroatoms. The molecule has 0 radical (unpaired) electrons. The minimum Gasteiger partial charge on any atom is -0.489 e. The average molecular weight is 534 g/mol. The van der Waals surface area contributed by atoms with Gasteiger partial charge in [0.1, 0.15) is 12.4 Å². The summed E-state index contributed by atoms with van der Waals surface area (Å²) in [5, 5.41) is 13.0. The van der Waals surface area contributed by atoms with E-state index in [4.69, 9.17) is 21.4 Å². The molecule has 0 fully saturated rings. The zero-order valence-electron chi connectivity index (χ0n) is 22.1. The van der Waals surface area contributed by atoms with Crippen LogP contribution in [0.4, 0.5) is 0 Å². The van der Waals surface area contributed by atoms with Crippen LogP contribution in [0.15, 0.2) is 65.0 Å². The summed E-state index contributed by atoms with van der Waals surface area (Å²) in [5.41, 5.74) is 4.57. The number of aromatic carboxylic acids is 1. The molecule has 0 saturated heterocycles. The maximum atomic E-state index is 13.5. The number of ketones is 2. The van der Waals surface area contributed by atoms with E-state index < -0.39 is 11.9 Å². The molecule has 0 saturated carbocycles. The first-order chi connectivity index (χ1) is 17.8. The molecule has 5 rings (SSSR count). The number of carbonyl (C=O) groups excluding carboxylic acids is 2. The first-order valence-corrected chi connectivity index (χ1v) is 13.3. The smallest absolute Gasteiger partial charge is 0.335 e. The lowest BCUT2D eigenvalue weighted by atomic mass is 9.64. The summed E-state index contributed by atoms with van der Waals surface area (Å²) >= 11 is 6.84. The molecule has 1 heterocycles. The second kappa shape index (κ2) is 9.42. The van der Waals surface area contributed by atoms with Gasteiger partial charge >= 0.3 is 5.97 Å². The van der Waals surface area contributed by atoms with Crippen LogP contribution in [-0.2, 0) is 16.2 Å². The van der Waals surface area contributed by atoms with Gasteiger partial charge in [-0.2, -0.15) is 0 Å². The van der Waals surface area contributed by atoms with Gasteiger partial charge in [0.2, 0.25) is 0 Å². The molecule has 0 unspecified atom stereocenters. The van der Waals surface area contributed by atoms with E-state index >= 15 is 0 Å². The highest BCUT2D eigenvalue weighted by atomic mass is 35.5. The number of halogens is 1. The van der Waals surface area contributed by atoms with Gasteiger partial charge in [-0.05, 0) is 59.1 Å². The predicted molar refractivity (Wildman–Crippen MR) is 145 cm³/mol. The summed E-state index contributed by atoms with van der Waals surface area (Å²) < 4.78 is 5.92. The lowest BCUT2D eigenvalue weighted by molar-refractivity contribution is -0.119. The second-order valence-electron chi connectivity index (χ2n) is 12.2. The average Bonchev–Trinajstić information content (AvgIpc) is 2.80. The number of Topliss-reactive ketones (excluding diaryl/α,β-unsaturated/α-hetero) is 2. The number of carboxylic acid groups (broad SMARTS) is 1. The van der Waals surface area contributed by atoms with E-state index in [2.05, 4.69) is 33.0 Å². The summed E-state index contributed by atoms with van der Waals surface area (Å²) in [7, 11) is 0. The number of carbonyl (C=O) groups is 3. The second-order valence-corrected chi connectivity index (χ2v) is 12.6. The zero-order valence-corrected chi connectivity index (χ0v) is 22.9. The molecule has 3 aliphatic rings. The van der Waals surface area contributed by atoms with E-state index in [1.807, 2.05) is 12.1 Å². The molecule has 38 heavy (non-hydrogen) atoms. The minimum absolute atomic E-state index is 0.0548. The van der Waals surface area contributed by atoms with Crippen LogP contribution >= 0.6 is 11.6 Å². The van der Waals surface area contributed by atoms with Gasteiger partial charge in [0.15, 0.2) is 11.6 Å².